The smallest absolute Gasteiger partial charge is 0.321 e. The maximum Gasteiger partial charge on any atom is 0.321 e. The maximum atomic E-state index is 12.1. The first-order chi connectivity index (χ1) is 9.81. The highest BCUT2D eigenvalue weighted by Gasteiger charge is 2.32. The van der Waals surface area contributed by atoms with Gasteiger partial charge in [0, 0.05) is 29.9 Å². The molecule has 1 aromatic carbocycles. The van der Waals surface area contributed by atoms with Crippen LogP contribution in [-0.2, 0) is 9.84 Å². The van der Waals surface area contributed by atoms with Crippen LogP contribution >= 0.6 is 23.4 Å². The van der Waals surface area contributed by atoms with Crippen LogP contribution in [0.15, 0.2) is 23.1 Å². The Balaban J connectivity index is 2.01. The van der Waals surface area contributed by atoms with Crippen molar-refractivity contribution in [3.8, 4) is 0 Å². The van der Waals surface area contributed by atoms with E-state index in [0.717, 1.165) is 4.90 Å². The molecule has 1 aliphatic heterocycles. The molecule has 1 aromatic rings. The van der Waals surface area contributed by atoms with Crippen LogP contribution < -0.4 is 5.32 Å². The van der Waals surface area contributed by atoms with Crippen molar-refractivity contribution in [1.82, 2.24) is 4.90 Å². The summed E-state index contributed by atoms with van der Waals surface area (Å²) in [5, 5.41) is 2.86. The van der Waals surface area contributed by atoms with Gasteiger partial charge in [-0.1, -0.05) is 11.6 Å². The zero-order valence-corrected chi connectivity index (χ0v) is 14.2. The minimum atomic E-state index is -3.10. The molecule has 1 N–H and O–H groups in total. The van der Waals surface area contributed by atoms with Crippen molar-refractivity contribution >= 4 is 44.9 Å². The summed E-state index contributed by atoms with van der Waals surface area (Å²) < 4.78 is 23.0. The van der Waals surface area contributed by atoms with Gasteiger partial charge in [-0.15, -0.1) is 11.8 Å². The quantitative estimate of drug-likeness (QED) is 0.853. The summed E-state index contributed by atoms with van der Waals surface area (Å²) >= 11 is 7.62. The number of benzene rings is 1. The van der Waals surface area contributed by atoms with Gasteiger partial charge in [0.2, 0.25) is 0 Å². The number of carbonyl (C=O) groups is 1. The second kappa shape index (κ2) is 6.46. The molecular weight excluding hydrogens is 332 g/mol. The van der Waals surface area contributed by atoms with Gasteiger partial charge in [-0.05, 0) is 30.9 Å². The molecule has 0 unspecified atom stereocenters. The Kier molecular flexibility index (Phi) is 5.06. The van der Waals surface area contributed by atoms with E-state index in [-0.39, 0.29) is 12.6 Å². The van der Waals surface area contributed by atoms with E-state index >= 15 is 0 Å². The molecule has 0 aromatic heterocycles. The van der Waals surface area contributed by atoms with E-state index in [4.69, 9.17) is 11.6 Å². The van der Waals surface area contributed by atoms with E-state index in [9.17, 15) is 13.2 Å². The molecular formula is C13H17ClN2O3S2. The Morgan fingerprint density at radius 3 is 2.71 bits per heavy atom. The van der Waals surface area contributed by atoms with Crippen molar-refractivity contribution in [3.63, 3.8) is 0 Å². The van der Waals surface area contributed by atoms with Crippen LogP contribution in [-0.4, -0.2) is 50.2 Å². The normalized spacial score (nSPS) is 18.8. The molecule has 0 saturated carbocycles. The third-order valence-electron chi connectivity index (χ3n) is 3.44. The van der Waals surface area contributed by atoms with Crippen LogP contribution in [0.1, 0.15) is 6.42 Å². The summed E-state index contributed by atoms with van der Waals surface area (Å²) in [6.45, 7) is 0.682. The van der Waals surface area contributed by atoms with E-state index in [1.807, 2.05) is 12.3 Å². The molecule has 8 heteroatoms. The standard InChI is InChI=1S/C13H17ClN2O3S2/c1-20-12-4-3-9(7-11(12)14)15-13(17)16-6-5-10(8-16)21(2,18)19/h3-4,7,10H,5-6,8H2,1-2H3,(H,15,17)/t10-/m1/s1. The highest BCUT2D eigenvalue weighted by Crippen LogP contribution is 2.28. The summed E-state index contributed by atoms with van der Waals surface area (Å²) in [6.07, 6.45) is 3.62. The van der Waals surface area contributed by atoms with Crippen molar-refractivity contribution in [2.75, 3.05) is 30.9 Å². The lowest BCUT2D eigenvalue weighted by atomic mass is 10.3. The third kappa shape index (κ3) is 4.05. The van der Waals surface area contributed by atoms with Crippen LogP contribution in [0.3, 0.4) is 0 Å². The van der Waals surface area contributed by atoms with E-state index in [2.05, 4.69) is 5.32 Å². The molecule has 1 heterocycles. The zero-order chi connectivity index (χ0) is 15.6. The van der Waals surface area contributed by atoms with E-state index in [1.165, 1.54) is 22.9 Å². The van der Waals surface area contributed by atoms with Crippen molar-refractivity contribution in [2.45, 2.75) is 16.6 Å². The Labute approximate surface area is 134 Å². The molecule has 1 saturated heterocycles. The van der Waals surface area contributed by atoms with Gasteiger partial charge in [-0.3, -0.25) is 0 Å². The number of halogens is 1. The van der Waals surface area contributed by atoms with Crippen molar-refractivity contribution in [1.29, 1.82) is 0 Å². The highest BCUT2D eigenvalue weighted by atomic mass is 35.5. The lowest BCUT2D eigenvalue weighted by Crippen LogP contribution is -2.34. The molecule has 0 spiro atoms. The van der Waals surface area contributed by atoms with E-state index in [1.54, 1.807) is 12.1 Å². The lowest BCUT2D eigenvalue weighted by Gasteiger charge is -2.17. The summed E-state index contributed by atoms with van der Waals surface area (Å²) in [5.41, 5.74) is 0.602. The van der Waals surface area contributed by atoms with Gasteiger partial charge in [0.15, 0.2) is 9.84 Å². The number of anilines is 1. The van der Waals surface area contributed by atoms with Crippen LogP contribution in [0.5, 0.6) is 0 Å². The molecule has 116 valence electrons. The van der Waals surface area contributed by atoms with E-state index < -0.39 is 15.1 Å². The van der Waals surface area contributed by atoms with E-state index in [0.29, 0.717) is 23.7 Å². The average molecular weight is 349 g/mol. The number of sulfone groups is 1. The predicted molar refractivity (Wildman–Crippen MR) is 87.1 cm³/mol. The first kappa shape index (κ1) is 16.5. The monoisotopic (exact) mass is 348 g/mol. The van der Waals surface area contributed by atoms with Crippen LogP contribution in [0.4, 0.5) is 10.5 Å². The number of hydrogen-bond acceptors (Lipinski definition) is 4. The van der Waals surface area contributed by atoms with Gasteiger partial charge in [0.25, 0.3) is 0 Å². The number of rotatable bonds is 3. The second-order valence-electron chi connectivity index (χ2n) is 4.97. The average Bonchev–Trinajstić information content (AvgIpc) is 2.88. The van der Waals surface area contributed by atoms with Gasteiger partial charge in [0.1, 0.15) is 0 Å². The molecule has 1 fully saturated rings. The topological polar surface area (TPSA) is 66.5 Å². The molecule has 0 bridgehead atoms. The Hall–Kier alpha value is -0.920. The van der Waals surface area contributed by atoms with Crippen molar-refractivity contribution < 1.29 is 13.2 Å². The largest absolute Gasteiger partial charge is 0.323 e. The molecule has 21 heavy (non-hydrogen) atoms. The minimum Gasteiger partial charge on any atom is -0.323 e. The van der Waals surface area contributed by atoms with Crippen LogP contribution in [0.2, 0.25) is 5.02 Å². The van der Waals surface area contributed by atoms with Crippen molar-refractivity contribution in [2.24, 2.45) is 0 Å². The molecule has 1 aliphatic rings. The molecule has 5 nitrogen and oxygen atoms in total. The molecule has 0 radical (unpaired) electrons. The Morgan fingerprint density at radius 1 is 1.48 bits per heavy atom. The number of nitrogens with one attached hydrogen (secondary N) is 1. The SMILES string of the molecule is CSc1ccc(NC(=O)N2CC[C@@H](S(C)(=O)=O)C2)cc1Cl. The molecule has 0 aliphatic carbocycles. The lowest BCUT2D eigenvalue weighted by molar-refractivity contribution is 0.222. The van der Waals surface area contributed by atoms with Crippen LogP contribution in [0.25, 0.3) is 0 Å². The minimum absolute atomic E-state index is 0.237. The van der Waals surface area contributed by atoms with Gasteiger partial charge in [0.05, 0.1) is 10.3 Å². The number of hydrogen-bond donors (Lipinski definition) is 1. The van der Waals surface area contributed by atoms with Gasteiger partial charge < -0.3 is 10.2 Å². The Bertz CT molecular complexity index is 649. The number of likely N-dealkylation sites (tertiary alicyclic amines) is 1. The summed E-state index contributed by atoms with van der Waals surface area (Å²) in [5.74, 6) is 0. The third-order valence-corrected chi connectivity index (χ3v) is 6.26. The fourth-order valence-corrected chi connectivity index (χ4v) is 4.06. The molecule has 1 atom stereocenters. The number of carbonyl (C=O) groups excluding carboxylic acids is 1. The first-order valence-corrected chi connectivity index (χ1v) is 9.95. The number of thioether (sulfide) groups is 1. The fourth-order valence-electron chi connectivity index (χ4n) is 2.21. The van der Waals surface area contributed by atoms with Crippen molar-refractivity contribution in [3.05, 3.63) is 23.2 Å². The van der Waals surface area contributed by atoms with Gasteiger partial charge in [-0.2, -0.15) is 0 Å². The van der Waals surface area contributed by atoms with Gasteiger partial charge >= 0.3 is 6.03 Å². The predicted octanol–water partition coefficient (Wildman–Crippen LogP) is 2.71. The zero-order valence-electron chi connectivity index (χ0n) is 11.8. The van der Waals surface area contributed by atoms with Crippen LogP contribution in [0, 0.1) is 0 Å². The first-order valence-electron chi connectivity index (χ1n) is 6.39. The summed E-state index contributed by atoms with van der Waals surface area (Å²) in [4.78, 5) is 14.6. The Morgan fingerprint density at radius 2 is 2.19 bits per heavy atom. The second-order valence-corrected chi connectivity index (χ2v) is 8.55. The fraction of sp³-hybridized carbons (Fsp3) is 0.462. The maximum absolute atomic E-state index is 12.1. The number of urea groups is 1. The number of amides is 2. The summed E-state index contributed by atoms with van der Waals surface area (Å²) in [7, 11) is -3.10. The number of nitrogens with zero attached hydrogens (tertiary/aromatic N) is 1. The van der Waals surface area contributed by atoms with Gasteiger partial charge in [-0.25, -0.2) is 13.2 Å². The molecule has 2 rings (SSSR count). The summed E-state index contributed by atoms with van der Waals surface area (Å²) in [6, 6.07) is 5.01. The molecule has 2 amide bonds. The highest BCUT2D eigenvalue weighted by molar-refractivity contribution is 7.98.